The van der Waals surface area contributed by atoms with Gasteiger partial charge in [-0.05, 0) is 20.8 Å². The van der Waals surface area contributed by atoms with E-state index in [2.05, 4.69) is 79.3 Å². The van der Waals surface area contributed by atoms with Crippen molar-refractivity contribution < 1.29 is 0 Å². The van der Waals surface area contributed by atoms with Gasteiger partial charge in [0.2, 0.25) is 0 Å². The normalized spacial score (nSPS) is 13.0. The lowest BCUT2D eigenvalue weighted by Crippen LogP contribution is -2.21. The van der Waals surface area contributed by atoms with Crippen LogP contribution in [-0.2, 0) is 16.4 Å². The van der Waals surface area contributed by atoms with Gasteiger partial charge in [0, 0.05) is 34.1 Å². The van der Waals surface area contributed by atoms with E-state index in [1.165, 1.54) is 5.39 Å². The van der Waals surface area contributed by atoms with Crippen molar-refractivity contribution in [2.45, 2.75) is 92.5 Å². The Labute approximate surface area is 142 Å². The topological polar surface area (TPSA) is 30.7 Å². The lowest BCUT2D eigenvalue weighted by molar-refractivity contribution is 0.399. The van der Waals surface area contributed by atoms with Crippen LogP contribution in [0.25, 0.3) is 10.9 Å². The third kappa shape index (κ3) is 4.33. The summed E-state index contributed by atoms with van der Waals surface area (Å²) in [6, 6.07) is 0. The van der Waals surface area contributed by atoms with Crippen molar-refractivity contribution >= 4 is 10.9 Å². The molecule has 2 aromatic heterocycles. The molecule has 0 amide bonds. The molecule has 0 N–H and O–H groups in total. The molecule has 2 rings (SSSR count). The summed E-state index contributed by atoms with van der Waals surface area (Å²) >= 11 is 0. The molecule has 2 aromatic rings. The van der Waals surface area contributed by atoms with Crippen molar-refractivity contribution in [1.29, 1.82) is 0 Å². The van der Waals surface area contributed by atoms with Crippen molar-refractivity contribution in [3.8, 4) is 0 Å². The maximum absolute atomic E-state index is 4.91. The summed E-state index contributed by atoms with van der Waals surface area (Å²) in [6.07, 6.45) is 4.35. The van der Waals surface area contributed by atoms with Gasteiger partial charge in [-0.3, -0.25) is 0 Å². The Morgan fingerprint density at radius 3 is 1.65 bits per heavy atom. The minimum Gasteiger partial charge on any atom is -0.346 e. The number of hydrogen-bond donors (Lipinski definition) is 0. The lowest BCUT2D eigenvalue weighted by atomic mass is 9.88. The predicted molar refractivity (Wildman–Crippen MR) is 101 cm³/mol. The van der Waals surface area contributed by atoms with Crippen molar-refractivity contribution in [3.63, 3.8) is 0 Å². The third-order valence-corrected chi connectivity index (χ3v) is 3.66. The minimum atomic E-state index is -0.0436. The number of rotatable bonds is 0. The molecule has 0 aliphatic rings. The molecule has 3 nitrogen and oxygen atoms in total. The average molecular weight is 318 g/mol. The van der Waals surface area contributed by atoms with Crippen LogP contribution >= 0.6 is 0 Å². The van der Waals surface area contributed by atoms with Gasteiger partial charge < -0.3 is 4.57 Å². The van der Waals surface area contributed by atoms with Crippen molar-refractivity contribution in [3.05, 3.63) is 23.9 Å². The van der Waals surface area contributed by atoms with Crippen LogP contribution in [0.2, 0.25) is 0 Å². The molecule has 0 fully saturated rings. The molecule has 0 bridgehead atoms. The molecule has 0 aliphatic carbocycles. The first kappa shape index (κ1) is 19.7. The Kier molecular flexibility index (Phi) is 5.35. The maximum Gasteiger partial charge on any atom is 0.134 e. The second kappa shape index (κ2) is 6.26. The summed E-state index contributed by atoms with van der Waals surface area (Å²) in [5.41, 5.74) is 2.20. The first-order valence-electron chi connectivity index (χ1n) is 8.71. The molecule has 23 heavy (non-hydrogen) atoms. The van der Waals surface area contributed by atoms with E-state index in [0.29, 0.717) is 0 Å². The highest BCUT2D eigenvalue weighted by Crippen LogP contribution is 2.32. The second-order valence-electron chi connectivity index (χ2n) is 9.03. The SMILES string of the molecule is CC.CC(C)(C)c1nc(C(C)(C)C)c2cn(C(C)(C)C)cc2n1. The Bertz CT molecular complexity index is 659. The third-order valence-electron chi connectivity index (χ3n) is 3.66. The monoisotopic (exact) mass is 317 g/mol. The molecule has 130 valence electrons. The Morgan fingerprint density at radius 2 is 1.26 bits per heavy atom. The van der Waals surface area contributed by atoms with E-state index in [9.17, 15) is 0 Å². The molecule has 0 spiro atoms. The molecule has 0 aliphatic heterocycles. The fraction of sp³-hybridized carbons (Fsp3) is 0.700. The Morgan fingerprint density at radius 1 is 0.739 bits per heavy atom. The maximum atomic E-state index is 4.91. The van der Waals surface area contributed by atoms with Gasteiger partial charge in [0.1, 0.15) is 5.82 Å². The largest absolute Gasteiger partial charge is 0.346 e. The van der Waals surface area contributed by atoms with Crippen molar-refractivity contribution in [2.24, 2.45) is 0 Å². The van der Waals surface area contributed by atoms with Crippen LogP contribution in [-0.4, -0.2) is 14.5 Å². The van der Waals surface area contributed by atoms with Gasteiger partial charge in [-0.25, -0.2) is 9.97 Å². The molecule has 0 saturated carbocycles. The highest BCUT2D eigenvalue weighted by atomic mass is 15.0. The zero-order chi connectivity index (χ0) is 18.2. The first-order chi connectivity index (χ1) is 10.3. The second-order valence-corrected chi connectivity index (χ2v) is 9.03. The number of hydrogen-bond acceptors (Lipinski definition) is 2. The molecular formula is C20H35N3. The molecule has 3 heteroatoms. The number of nitrogens with zero attached hydrogens (tertiary/aromatic N) is 3. The fourth-order valence-corrected chi connectivity index (χ4v) is 2.31. The Hall–Kier alpha value is -1.38. The van der Waals surface area contributed by atoms with E-state index in [-0.39, 0.29) is 16.4 Å². The predicted octanol–water partition coefficient (Wildman–Crippen LogP) is 5.81. The van der Waals surface area contributed by atoms with Gasteiger partial charge >= 0.3 is 0 Å². The first-order valence-corrected chi connectivity index (χ1v) is 8.71. The van der Waals surface area contributed by atoms with Crippen LogP contribution in [0.5, 0.6) is 0 Å². The lowest BCUT2D eigenvalue weighted by Gasteiger charge is -2.23. The number of fused-ring (bicyclic) bond motifs is 1. The molecular weight excluding hydrogens is 282 g/mol. The molecule has 0 aromatic carbocycles. The van der Waals surface area contributed by atoms with E-state index < -0.39 is 0 Å². The van der Waals surface area contributed by atoms with Crippen LogP contribution < -0.4 is 0 Å². The smallest absolute Gasteiger partial charge is 0.134 e. The summed E-state index contributed by atoms with van der Waals surface area (Å²) in [5, 5.41) is 1.17. The van der Waals surface area contributed by atoms with Crippen LogP contribution in [0.15, 0.2) is 12.4 Å². The van der Waals surface area contributed by atoms with E-state index in [1.54, 1.807) is 0 Å². The van der Waals surface area contributed by atoms with Crippen LogP contribution in [0.3, 0.4) is 0 Å². The Balaban J connectivity index is 0.00000127. The van der Waals surface area contributed by atoms with Crippen LogP contribution in [0.1, 0.15) is 87.7 Å². The van der Waals surface area contributed by atoms with Gasteiger partial charge in [0.15, 0.2) is 0 Å². The summed E-state index contributed by atoms with van der Waals surface area (Å²) < 4.78 is 2.24. The highest BCUT2D eigenvalue weighted by molar-refractivity contribution is 5.82. The van der Waals surface area contributed by atoms with E-state index in [4.69, 9.17) is 9.97 Å². The average Bonchev–Trinajstić information content (AvgIpc) is 2.81. The van der Waals surface area contributed by atoms with Gasteiger partial charge in [0.05, 0.1) is 11.2 Å². The van der Waals surface area contributed by atoms with E-state index >= 15 is 0 Å². The summed E-state index contributed by atoms with van der Waals surface area (Å²) in [4.78, 5) is 9.74. The van der Waals surface area contributed by atoms with Gasteiger partial charge in [0.25, 0.3) is 0 Å². The van der Waals surface area contributed by atoms with Crippen LogP contribution in [0, 0.1) is 0 Å². The molecule has 0 radical (unpaired) electrons. The van der Waals surface area contributed by atoms with Gasteiger partial charge in [-0.1, -0.05) is 55.4 Å². The molecule has 0 unspecified atom stereocenters. The summed E-state index contributed by atoms with van der Waals surface area (Å²) in [5.74, 6) is 0.923. The van der Waals surface area contributed by atoms with E-state index in [1.807, 2.05) is 13.8 Å². The molecule has 0 atom stereocenters. The molecule has 2 heterocycles. The standard InChI is InChI=1S/C18H29N3.C2H6/c1-16(2,3)14-12-10-21(18(7,8)9)11-13(12)19-15(20-14)17(4,5)6;1-2/h10-11H,1-9H3;1-2H3. The zero-order valence-corrected chi connectivity index (χ0v) is 17.0. The van der Waals surface area contributed by atoms with Crippen molar-refractivity contribution in [2.75, 3.05) is 0 Å². The minimum absolute atomic E-state index is 0.00522. The summed E-state index contributed by atoms with van der Waals surface area (Å²) in [7, 11) is 0. The van der Waals surface area contributed by atoms with Crippen LogP contribution in [0.4, 0.5) is 0 Å². The van der Waals surface area contributed by atoms with Gasteiger partial charge in [-0.15, -0.1) is 0 Å². The quantitative estimate of drug-likeness (QED) is 0.614. The van der Waals surface area contributed by atoms with Crippen molar-refractivity contribution in [1.82, 2.24) is 14.5 Å². The van der Waals surface area contributed by atoms with Gasteiger partial charge in [-0.2, -0.15) is 0 Å². The molecule has 0 saturated heterocycles. The number of aromatic nitrogens is 3. The zero-order valence-electron chi connectivity index (χ0n) is 17.0. The summed E-state index contributed by atoms with van der Waals surface area (Å²) in [6.45, 7) is 23.8. The highest BCUT2D eigenvalue weighted by Gasteiger charge is 2.26. The fourth-order valence-electron chi connectivity index (χ4n) is 2.31. The van der Waals surface area contributed by atoms with E-state index in [0.717, 1.165) is 17.0 Å².